The zero-order chi connectivity index (χ0) is 21.4. The molecule has 0 spiro atoms. The van der Waals surface area contributed by atoms with Gasteiger partial charge >= 0.3 is 5.97 Å². The lowest BCUT2D eigenvalue weighted by molar-refractivity contribution is -0.142. The molecule has 1 aliphatic heterocycles. The van der Waals surface area contributed by atoms with Crippen molar-refractivity contribution in [3.63, 3.8) is 0 Å². The maximum atomic E-state index is 13.1. The molecule has 156 valence electrons. The van der Waals surface area contributed by atoms with Crippen molar-refractivity contribution >= 4 is 16.7 Å². The molecule has 1 atom stereocenters. The summed E-state index contributed by atoms with van der Waals surface area (Å²) in [6.07, 6.45) is -0.403. The molecule has 1 fully saturated rings. The number of aromatic nitrogens is 3. The number of benzene rings is 2. The second kappa shape index (κ2) is 7.85. The summed E-state index contributed by atoms with van der Waals surface area (Å²) in [5.41, 5.74) is 4.61. The van der Waals surface area contributed by atoms with Gasteiger partial charge in [-0.25, -0.2) is 9.48 Å². The maximum absolute atomic E-state index is 13.1. The van der Waals surface area contributed by atoms with Gasteiger partial charge in [-0.3, -0.25) is 4.79 Å². The molecule has 1 N–H and O–H groups in total. The molecular formula is C24H21N3O4. The molecule has 0 saturated carbocycles. The number of esters is 1. The first kappa shape index (κ1) is 19.3. The molecule has 3 heterocycles. The quantitative estimate of drug-likeness (QED) is 0.506. The Labute approximate surface area is 178 Å². The van der Waals surface area contributed by atoms with Gasteiger partial charge in [0.25, 0.3) is 5.56 Å². The van der Waals surface area contributed by atoms with E-state index in [1.54, 1.807) is 6.07 Å². The average Bonchev–Trinajstić information content (AvgIpc) is 3.41. The highest BCUT2D eigenvalue weighted by molar-refractivity contribution is 5.83. The molecule has 31 heavy (non-hydrogen) atoms. The van der Waals surface area contributed by atoms with Crippen molar-refractivity contribution in [3.05, 3.63) is 88.0 Å². The fourth-order valence-electron chi connectivity index (χ4n) is 3.79. The fraction of sp³-hybridized carbons (Fsp3) is 0.208. The highest BCUT2D eigenvalue weighted by Crippen LogP contribution is 2.21. The normalized spacial score (nSPS) is 16.0. The van der Waals surface area contributed by atoms with E-state index < -0.39 is 12.3 Å². The molecule has 0 amide bonds. The van der Waals surface area contributed by atoms with Crippen molar-refractivity contribution in [3.8, 4) is 11.3 Å². The molecule has 0 aliphatic carbocycles. The van der Waals surface area contributed by atoms with Gasteiger partial charge in [-0.1, -0.05) is 48.0 Å². The van der Waals surface area contributed by atoms with Crippen LogP contribution >= 0.6 is 0 Å². The summed E-state index contributed by atoms with van der Waals surface area (Å²) in [6, 6.07) is 19.5. The zero-order valence-corrected chi connectivity index (χ0v) is 17.0. The Balaban J connectivity index is 1.48. The number of rotatable bonds is 5. The van der Waals surface area contributed by atoms with Gasteiger partial charge in [-0.05, 0) is 30.7 Å². The molecule has 0 radical (unpaired) electrons. The number of hydrogen-bond donors (Lipinski definition) is 1. The van der Waals surface area contributed by atoms with Crippen molar-refractivity contribution < 1.29 is 14.3 Å². The van der Waals surface area contributed by atoms with E-state index in [0.717, 1.165) is 22.3 Å². The molecule has 5 rings (SSSR count). The van der Waals surface area contributed by atoms with Gasteiger partial charge in [0.05, 0.1) is 24.0 Å². The molecule has 1 aliphatic rings. The van der Waals surface area contributed by atoms with Gasteiger partial charge in [-0.15, -0.1) is 0 Å². The van der Waals surface area contributed by atoms with Gasteiger partial charge in [0.2, 0.25) is 6.29 Å². The lowest BCUT2D eigenvalue weighted by Crippen LogP contribution is -2.27. The van der Waals surface area contributed by atoms with E-state index in [2.05, 4.69) is 41.3 Å². The third-order valence-electron chi connectivity index (χ3n) is 5.38. The van der Waals surface area contributed by atoms with Gasteiger partial charge < -0.3 is 14.5 Å². The van der Waals surface area contributed by atoms with Crippen LogP contribution < -0.4 is 5.56 Å². The Bertz CT molecular complexity index is 1320. The molecule has 7 nitrogen and oxygen atoms in total. The predicted octanol–water partition coefficient (Wildman–Crippen LogP) is 3.19. The number of ether oxygens (including phenoxy) is 2. The minimum absolute atomic E-state index is 0.0630. The third-order valence-corrected chi connectivity index (χ3v) is 5.38. The maximum Gasteiger partial charge on any atom is 0.334 e. The number of carbonyl (C=O) groups excluding carboxylic acids is 1. The SMILES string of the molecule is Cc1ccc(-c2ccc(Cn3nc(CC4OCC(=O)O4)c4ccccc4c3=O)[nH]2)cc1. The standard InChI is InChI=1S/C24H21N3O4/c1-15-6-8-16(9-7-15)20-11-10-17(25-20)13-27-24(29)19-5-3-2-4-18(19)21(26-27)12-23-30-14-22(28)31-23/h2-11,23,25H,12-14H2,1H3. The zero-order valence-electron chi connectivity index (χ0n) is 17.0. The number of nitrogens with one attached hydrogen (secondary N) is 1. The van der Waals surface area contributed by atoms with Gasteiger partial charge in [-0.2, -0.15) is 5.10 Å². The van der Waals surface area contributed by atoms with Crippen molar-refractivity contribution in [2.24, 2.45) is 0 Å². The smallest absolute Gasteiger partial charge is 0.334 e. The second-order valence-electron chi connectivity index (χ2n) is 7.65. The van der Waals surface area contributed by atoms with Crippen molar-refractivity contribution in [2.75, 3.05) is 6.61 Å². The predicted molar refractivity (Wildman–Crippen MR) is 116 cm³/mol. The first-order valence-corrected chi connectivity index (χ1v) is 10.1. The Morgan fingerprint density at radius 2 is 1.81 bits per heavy atom. The van der Waals surface area contributed by atoms with Crippen LogP contribution in [0.25, 0.3) is 22.0 Å². The molecule has 1 saturated heterocycles. The highest BCUT2D eigenvalue weighted by atomic mass is 16.7. The summed E-state index contributed by atoms with van der Waals surface area (Å²) in [5, 5.41) is 5.90. The number of fused-ring (bicyclic) bond motifs is 1. The van der Waals surface area contributed by atoms with E-state index in [-0.39, 0.29) is 18.6 Å². The molecule has 2 aromatic carbocycles. The molecule has 2 aromatic heterocycles. The van der Waals surface area contributed by atoms with E-state index in [4.69, 9.17) is 9.47 Å². The first-order valence-electron chi connectivity index (χ1n) is 10.1. The van der Waals surface area contributed by atoms with Gasteiger partial charge in [0, 0.05) is 16.8 Å². The number of carbonyl (C=O) groups is 1. The largest absolute Gasteiger partial charge is 0.434 e. The van der Waals surface area contributed by atoms with Gasteiger partial charge in [0.1, 0.15) is 6.61 Å². The van der Waals surface area contributed by atoms with Crippen LogP contribution in [0, 0.1) is 6.92 Å². The number of aromatic amines is 1. The number of hydrogen-bond acceptors (Lipinski definition) is 5. The Morgan fingerprint density at radius 1 is 1.03 bits per heavy atom. The number of nitrogens with zero attached hydrogens (tertiary/aromatic N) is 2. The Morgan fingerprint density at radius 3 is 2.55 bits per heavy atom. The molecule has 7 heteroatoms. The van der Waals surface area contributed by atoms with E-state index >= 15 is 0 Å². The summed E-state index contributed by atoms with van der Waals surface area (Å²) in [6.45, 7) is 2.29. The van der Waals surface area contributed by atoms with E-state index in [1.165, 1.54) is 10.2 Å². The first-order chi connectivity index (χ1) is 15.1. The highest BCUT2D eigenvalue weighted by Gasteiger charge is 2.26. The Kier molecular flexibility index (Phi) is 4.88. The molecular weight excluding hydrogens is 394 g/mol. The number of cyclic esters (lactones) is 1. The van der Waals surface area contributed by atoms with Crippen LogP contribution in [0.15, 0.2) is 65.5 Å². The van der Waals surface area contributed by atoms with Crippen LogP contribution in [-0.2, 0) is 27.2 Å². The van der Waals surface area contributed by atoms with E-state index in [1.807, 2.05) is 30.3 Å². The Hall–Kier alpha value is -3.71. The lowest BCUT2D eigenvalue weighted by atomic mass is 10.1. The van der Waals surface area contributed by atoms with Gasteiger partial charge in [0.15, 0.2) is 0 Å². The number of H-pyrrole nitrogens is 1. The summed E-state index contributed by atoms with van der Waals surface area (Å²) in [5.74, 6) is -0.391. The van der Waals surface area contributed by atoms with Crippen molar-refractivity contribution in [1.82, 2.24) is 14.8 Å². The van der Waals surface area contributed by atoms with Crippen molar-refractivity contribution in [1.29, 1.82) is 0 Å². The molecule has 1 unspecified atom stereocenters. The summed E-state index contributed by atoms with van der Waals surface area (Å²) in [4.78, 5) is 27.8. The molecule has 4 aromatic rings. The van der Waals surface area contributed by atoms with Crippen LogP contribution in [-0.4, -0.2) is 33.6 Å². The van der Waals surface area contributed by atoms with Crippen LogP contribution in [0.5, 0.6) is 0 Å². The lowest BCUT2D eigenvalue weighted by Gasteiger charge is -2.13. The van der Waals surface area contributed by atoms with Crippen LogP contribution in [0.1, 0.15) is 17.0 Å². The third kappa shape index (κ3) is 3.87. The average molecular weight is 415 g/mol. The monoisotopic (exact) mass is 415 g/mol. The topological polar surface area (TPSA) is 86.2 Å². The second-order valence-corrected chi connectivity index (χ2v) is 7.65. The number of aryl methyl sites for hydroxylation is 1. The fourth-order valence-corrected chi connectivity index (χ4v) is 3.79. The van der Waals surface area contributed by atoms with Crippen LogP contribution in [0.2, 0.25) is 0 Å². The van der Waals surface area contributed by atoms with Crippen LogP contribution in [0.4, 0.5) is 0 Å². The molecule has 0 bridgehead atoms. The summed E-state index contributed by atoms with van der Waals surface area (Å²) in [7, 11) is 0. The van der Waals surface area contributed by atoms with Crippen LogP contribution in [0.3, 0.4) is 0 Å². The van der Waals surface area contributed by atoms with E-state index in [9.17, 15) is 9.59 Å². The van der Waals surface area contributed by atoms with E-state index in [0.29, 0.717) is 17.6 Å². The minimum atomic E-state index is -0.687. The summed E-state index contributed by atoms with van der Waals surface area (Å²) < 4.78 is 12.0. The summed E-state index contributed by atoms with van der Waals surface area (Å²) >= 11 is 0. The van der Waals surface area contributed by atoms with Crippen molar-refractivity contribution in [2.45, 2.75) is 26.2 Å². The minimum Gasteiger partial charge on any atom is -0.434 e.